The average molecular weight is 427 g/mol. The van der Waals surface area contributed by atoms with Crippen LogP contribution in [-0.2, 0) is 6.54 Å². The highest BCUT2D eigenvalue weighted by molar-refractivity contribution is 9.10. The Morgan fingerprint density at radius 1 is 1.04 bits per heavy atom. The number of quaternary nitrogens is 1. The molecule has 0 spiro atoms. The molecule has 4 nitrogen and oxygen atoms in total. The van der Waals surface area contributed by atoms with Crippen molar-refractivity contribution in [2.45, 2.75) is 26.8 Å². The van der Waals surface area contributed by atoms with E-state index in [0.29, 0.717) is 0 Å². The van der Waals surface area contributed by atoms with Crippen molar-refractivity contribution < 1.29 is 9.30 Å². The maximum atomic E-state index is 3.62. The van der Waals surface area contributed by atoms with Gasteiger partial charge in [-0.3, -0.25) is 0 Å². The molecular weight excluding hydrogens is 400 g/mol. The monoisotopic (exact) mass is 426 g/mol. The molecule has 0 unspecified atom stereocenters. The summed E-state index contributed by atoms with van der Waals surface area (Å²) in [6, 6.07) is 17.1. The van der Waals surface area contributed by atoms with Crippen LogP contribution in [0.1, 0.15) is 20.3 Å². The third-order valence-corrected chi connectivity index (χ3v) is 6.02. The van der Waals surface area contributed by atoms with E-state index in [2.05, 4.69) is 98.5 Å². The molecule has 0 radical (unpaired) electrons. The van der Waals surface area contributed by atoms with Crippen LogP contribution in [0.5, 0.6) is 0 Å². The number of nitrogens with zero attached hydrogens (tertiary/aromatic N) is 2. The van der Waals surface area contributed by atoms with Gasteiger partial charge in [-0.2, -0.15) is 4.40 Å². The van der Waals surface area contributed by atoms with Gasteiger partial charge in [-0.25, -0.2) is 9.55 Å². The van der Waals surface area contributed by atoms with Gasteiger partial charge in [-0.15, -0.1) is 0 Å². The Labute approximate surface area is 168 Å². The van der Waals surface area contributed by atoms with E-state index in [0.717, 1.165) is 16.8 Å². The quantitative estimate of drug-likeness (QED) is 0.423. The van der Waals surface area contributed by atoms with E-state index >= 15 is 0 Å². The lowest BCUT2D eigenvalue weighted by atomic mass is 10.1. The van der Waals surface area contributed by atoms with Crippen LogP contribution in [0.25, 0.3) is 28.1 Å². The van der Waals surface area contributed by atoms with Crippen LogP contribution < -0.4 is 9.30 Å². The molecular formula is C22H27BrN4+2. The highest BCUT2D eigenvalue weighted by atomic mass is 79.9. The van der Waals surface area contributed by atoms with Crippen molar-refractivity contribution in [2.75, 3.05) is 19.6 Å². The molecule has 0 aliphatic heterocycles. The third-order valence-electron chi connectivity index (χ3n) is 5.49. The van der Waals surface area contributed by atoms with Crippen LogP contribution in [0.15, 0.2) is 59.2 Å². The van der Waals surface area contributed by atoms with Crippen molar-refractivity contribution in [3.05, 3.63) is 59.2 Å². The fourth-order valence-corrected chi connectivity index (χ4v) is 4.15. The number of para-hydroxylation sites is 2. The Balaban J connectivity index is 1.77. The average Bonchev–Trinajstić information content (AvgIpc) is 3.22. The molecule has 140 valence electrons. The molecule has 0 fully saturated rings. The Kier molecular flexibility index (Phi) is 5.32. The predicted octanol–water partition coefficient (Wildman–Crippen LogP) is 3.45. The number of aromatic nitrogens is 3. The summed E-state index contributed by atoms with van der Waals surface area (Å²) in [6.45, 7) is 9.15. The van der Waals surface area contributed by atoms with Crippen LogP contribution in [0.4, 0.5) is 0 Å². The zero-order chi connectivity index (χ0) is 18.8. The van der Waals surface area contributed by atoms with Gasteiger partial charge < -0.3 is 4.90 Å². The molecule has 0 bridgehead atoms. The molecule has 0 aliphatic rings. The minimum Gasteiger partial charge on any atom is -0.335 e. The first-order valence-electron chi connectivity index (χ1n) is 9.82. The van der Waals surface area contributed by atoms with E-state index < -0.39 is 0 Å². The van der Waals surface area contributed by atoms with Crippen LogP contribution in [-0.4, -0.2) is 29.2 Å². The summed E-state index contributed by atoms with van der Waals surface area (Å²) in [5.74, 6) is 1.16. The molecule has 2 heterocycles. The van der Waals surface area contributed by atoms with Crippen LogP contribution in [0, 0.1) is 0 Å². The first-order chi connectivity index (χ1) is 13.2. The number of hydrogen-bond acceptors (Lipinski definition) is 0. The Hall–Kier alpha value is -2.11. The largest absolute Gasteiger partial charge is 0.368 e. The van der Waals surface area contributed by atoms with E-state index in [-0.39, 0.29) is 0 Å². The van der Waals surface area contributed by atoms with Gasteiger partial charge >= 0.3 is 5.78 Å². The smallest absolute Gasteiger partial charge is 0.335 e. The Morgan fingerprint density at radius 3 is 2.52 bits per heavy atom. The van der Waals surface area contributed by atoms with Gasteiger partial charge in [-0.05, 0) is 38.1 Å². The van der Waals surface area contributed by atoms with Gasteiger partial charge in [0.15, 0.2) is 0 Å². The van der Waals surface area contributed by atoms with E-state index in [1.807, 2.05) is 0 Å². The first kappa shape index (κ1) is 18.3. The second kappa shape index (κ2) is 7.87. The lowest BCUT2D eigenvalue weighted by Crippen LogP contribution is -3.11. The number of nitrogens with one attached hydrogen (secondary N) is 2. The molecule has 2 aromatic heterocycles. The fraction of sp³-hybridized carbons (Fsp3) is 0.318. The lowest BCUT2D eigenvalue weighted by molar-refractivity contribution is -0.896. The minimum absolute atomic E-state index is 1.01. The number of hydrogen-bond donors (Lipinski definition) is 2. The van der Waals surface area contributed by atoms with Crippen molar-refractivity contribution in [1.29, 1.82) is 0 Å². The van der Waals surface area contributed by atoms with Gasteiger partial charge in [0, 0.05) is 16.5 Å². The molecule has 2 N–H and O–H groups in total. The zero-order valence-electron chi connectivity index (χ0n) is 16.0. The summed E-state index contributed by atoms with van der Waals surface area (Å²) in [5, 5.41) is 0. The zero-order valence-corrected chi connectivity index (χ0v) is 17.6. The molecule has 0 atom stereocenters. The molecule has 0 saturated heterocycles. The van der Waals surface area contributed by atoms with Gasteiger partial charge in [-0.1, -0.05) is 40.2 Å². The summed E-state index contributed by atoms with van der Waals surface area (Å²) in [4.78, 5) is 5.28. The number of benzene rings is 2. The summed E-state index contributed by atoms with van der Waals surface area (Å²) in [7, 11) is 0. The molecule has 0 saturated carbocycles. The minimum atomic E-state index is 1.01. The van der Waals surface area contributed by atoms with Gasteiger partial charge in [0.2, 0.25) is 0 Å². The maximum absolute atomic E-state index is 3.62. The van der Waals surface area contributed by atoms with E-state index in [9.17, 15) is 0 Å². The van der Waals surface area contributed by atoms with E-state index in [4.69, 9.17) is 0 Å². The Bertz CT molecular complexity index is 1040. The van der Waals surface area contributed by atoms with E-state index in [1.165, 1.54) is 48.3 Å². The molecule has 27 heavy (non-hydrogen) atoms. The van der Waals surface area contributed by atoms with Gasteiger partial charge in [0.05, 0.1) is 26.2 Å². The fourth-order valence-electron chi connectivity index (χ4n) is 3.89. The number of halogens is 1. The SMILES string of the molecule is CC[NH+](CC)CCCn1c(-c2ccc(Br)cc2)c[n+]2c3ccccc3[nH]c12. The normalized spacial score (nSPS) is 11.9. The first-order valence-corrected chi connectivity index (χ1v) is 10.6. The summed E-state index contributed by atoms with van der Waals surface area (Å²) in [5.41, 5.74) is 4.90. The Morgan fingerprint density at radius 2 is 1.78 bits per heavy atom. The van der Waals surface area contributed by atoms with E-state index in [1.54, 1.807) is 4.90 Å². The number of rotatable bonds is 7. The summed E-state index contributed by atoms with van der Waals surface area (Å²) < 4.78 is 5.83. The second-order valence-corrected chi connectivity index (χ2v) is 7.98. The van der Waals surface area contributed by atoms with Gasteiger partial charge in [0.1, 0.15) is 22.9 Å². The number of imidazole rings is 2. The number of aromatic amines is 1. The van der Waals surface area contributed by atoms with Gasteiger partial charge in [0.25, 0.3) is 0 Å². The van der Waals surface area contributed by atoms with Crippen molar-refractivity contribution in [2.24, 2.45) is 0 Å². The van der Waals surface area contributed by atoms with Crippen molar-refractivity contribution in [3.63, 3.8) is 0 Å². The van der Waals surface area contributed by atoms with Crippen LogP contribution >= 0.6 is 15.9 Å². The second-order valence-electron chi connectivity index (χ2n) is 7.07. The highest BCUT2D eigenvalue weighted by Crippen LogP contribution is 2.24. The lowest BCUT2D eigenvalue weighted by Gasteiger charge is -2.14. The summed E-state index contributed by atoms with van der Waals surface area (Å²) in [6.07, 6.45) is 3.43. The van der Waals surface area contributed by atoms with Crippen LogP contribution in [0.3, 0.4) is 0 Å². The molecule has 5 heteroatoms. The van der Waals surface area contributed by atoms with Crippen molar-refractivity contribution in [1.82, 2.24) is 9.55 Å². The maximum Gasteiger partial charge on any atom is 0.368 e. The highest BCUT2D eigenvalue weighted by Gasteiger charge is 2.22. The number of fused-ring (bicyclic) bond motifs is 3. The molecule has 0 aliphatic carbocycles. The topological polar surface area (TPSA) is 29.3 Å². The number of H-pyrrole nitrogens is 1. The predicted molar refractivity (Wildman–Crippen MR) is 114 cm³/mol. The molecule has 0 amide bonds. The number of aryl methyl sites for hydroxylation is 1. The summed E-state index contributed by atoms with van der Waals surface area (Å²) >= 11 is 3.55. The van der Waals surface area contributed by atoms with Crippen molar-refractivity contribution >= 4 is 32.7 Å². The standard InChI is InChI=1S/C22H25BrN4/c1-3-25(4-2)14-7-15-26-21(17-10-12-18(23)13-11-17)16-27-20-9-6-5-8-19(20)24-22(26)27/h5-6,8-13,16H,3-4,7,14-15H2,1-2H3/p+2. The molecule has 4 aromatic rings. The molecule has 2 aromatic carbocycles. The van der Waals surface area contributed by atoms with Crippen molar-refractivity contribution in [3.8, 4) is 11.3 Å². The third kappa shape index (κ3) is 3.54. The molecule has 4 rings (SSSR count). The van der Waals surface area contributed by atoms with Crippen LogP contribution in [0.2, 0.25) is 0 Å².